The number of hydrogen-bond acceptors (Lipinski definition) is 5. The Bertz CT molecular complexity index is 813. The molecular formula is C16H17O5PS. The fourth-order valence-electron chi connectivity index (χ4n) is 2.08. The van der Waals surface area contributed by atoms with E-state index in [9.17, 15) is 18.3 Å². The molecule has 1 atom stereocenters. The molecule has 0 saturated heterocycles. The first-order chi connectivity index (χ1) is 10.8. The molecule has 2 aromatic rings. The normalized spacial score (nSPS) is 11.2. The predicted octanol–water partition coefficient (Wildman–Crippen LogP) is 2.66. The Kier molecular flexibility index (Phi) is 5.39. The van der Waals surface area contributed by atoms with E-state index in [-0.39, 0.29) is 28.4 Å². The molecule has 5 nitrogen and oxygen atoms in total. The van der Waals surface area contributed by atoms with Crippen LogP contribution >= 0.6 is 9.47 Å². The molecule has 2 aromatic carbocycles. The molecular weight excluding hydrogens is 335 g/mol. The molecule has 0 aliphatic heterocycles. The minimum atomic E-state index is -3.41. The summed E-state index contributed by atoms with van der Waals surface area (Å²) in [4.78, 5) is 11.8. The lowest BCUT2D eigenvalue weighted by Gasteiger charge is -2.08. The largest absolute Gasteiger partial charge is 0.507 e. The predicted molar refractivity (Wildman–Crippen MR) is 90.2 cm³/mol. The first-order valence-corrected chi connectivity index (χ1v) is 8.98. The van der Waals surface area contributed by atoms with E-state index in [2.05, 4.69) is 4.52 Å². The van der Waals surface area contributed by atoms with Gasteiger partial charge >= 0.3 is 5.97 Å². The number of hydrogen-bond donors (Lipinski definition) is 1. The van der Waals surface area contributed by atoms with E-state index >= 15 is 0 Å². The first kappa shape index (κ1) is 17.4. The molecule has 2 rings (SSSR count). The van der Waals surface area contributed by atoms with Crippen LogP contribution in [0, 0.1) is 6.92 Å². The number of aromatic hydroxyl groups is 1. The number of phenolic OH excluding ortho intramolecular Hbond substituents is 1. The zero-order valence-corrected chi connectivity index (χ0v) is 14.5. The van der Waals surface area contributed by atoms with E-state index in [1.54, 1.807) is 30.3 Å². The van der Waals surface area contributed by atoms with Crippen molar-refractivity contribution in [3.63, 3.8) is 0 Å². The van der Waals surface area contributed by atoms with Gasteiger partial charge in [-0.1, -0.05) is 23.8 Å². The van der Waals surface area contributed by atoms with Crippen molar-refractivity contribution in [3.8, 4) is 5.75 Å². The lowest BCUT2D eigenvalue weighted by Crippen LogP contribution is -2.10. The summed E-state index contributed by atoms with van der Waals surface area (Å²) in [6.45, 7) is 1.89. The Balaban J connectivity index is 2.17. The van der Waals surface area contributed by atoms with Crippen LogP contribution in [0.4, 0.5) is 0 Å². The Morgan fingerprint density at radius 1 is 1.17 bits per heavy atom. The van der Waals surface area contributed by atoms with Crippen LogP contribution in [-0.4, -0.2) is 25.2 Å². The summed E-state index contributed by atoms with van der Waals surface area (Å²) in [5.74, 6) is -0.991. The van der Waals surface area contributed by atoms with Crippen molar-refractivity contribution in [2.45, 2.75) is 18.2 Å². The van der Waals surface area contributed by atoms with Crippen LogP contribution < -0.4 is 0 Å². The van der Waals surface area contributed by atoms with Gasteiger partial charge in [0, 0.05) is 0 Å². The van der Waals surface area contributed by atoms with Gasteiger partial charge in [-0.15, -0.1) is 0 Å². The molecule has 1 unspecified atom stereocenters. The van der Waals surface area contributed by atoms with Gasteiger partial charge in [-0.25, -0.2) is 13.2 Å². The highest BCUT2D eigenvalue weighted by Crippen LogP contribution is 2.21. The number of sulfone groups is 1. The maximum Gasteiger partial charge on any atom is 0.344 e. The first-order valence-electron chi connectivity index (χ1n) is 6.86. The minimum Gasteiger partial charge on any atom is -0.507 e. The second-order valence-corrected chi connectivity index (χ2v) is 7.48. The lowest BCUT2D eigenvalue weighted by atomic mass is 10.1. The van der Waals surface area contributed by atoms with Crippen LogP contribution in [0.3, 0.4) is 0 Å². The molecule has 0 bridgehead atoms. The number of phenols is 1. The summed E-state index contributed by atoms with van der Waals surface area (Å²) in [6.07, 6.45) is 0.230. The summed E-state index contributed by atoms with van der Waals surface area (Å²) >= 11 is 0. The SMILES string of the molecule is Cc1ccc(S(=O)(=O)CCc2ccc(O)c(C(=O)OP)c2)cc1. The van der Waals surface area contributed by atoms with E-state index in [0.717, 1.165) is 5.56 Å². The topological polar surface area (TPSA) is 80.7 Å². The Labute approximate surface area is 137 Å². The van der Waals surface area contributed by atoms with Gasteiger partial charge in [-0.05, 0) is 43.2 Å². The quantitative estimate of drug-likeness (QED) is 0.837. The van der Waals surface area contributed by atoms with Crippen LogP contribution in [0.25, 0.3) is 0 Å². The molecule has 0 aromatic heterocycles. The molecule has 0 heterocycles. The van der Waals surface area contributed by atoms with E-state index in [0.29, 0.717) is 5.56 Å². The highest BCUT2D eigenvalue weighted by Gasteiger charge is 2.16. The minimum absolute atomic E-state index is 0.00485. The number of rotatable bonds is 5. The van der Waals surface area contributed by atoms with Crippen molar-refractivity contribution in [2.24, 2.45) is 0 Å². The summed E-state index contributed by atoms with van der Waals surface area (Å²) < 4.78 is 29.1. The van der Waals surface area contributed by atoms with Crippen molar-refractivity contribution in [3.05, 3.63) is 59.2 Å². The third-order valence-corrected chi connectivity index (χ3v) is 5.37. The molecule has 122 valence electrons. The third kappa shape index (κ3) is 4.30. The second-order valence-electron chi connectivity index (χ2n) is 5.14. The number of aryl methyl sites for hydroxylation is 2. The van der Waals surface area contributed by atoms with Gasteiger partial charge < -0.3 is 9.63 Å². The zero-order valence-electron chi connectivity index (χ0n) is 12.5. The highest BCUT2D eigenvalue weighted by molar-refractivity contribution is 7.91. The second kappa shape index (κ2) is 7.11. The molecule has 7 heteroatoms. The molecule has 0 radical (unpaired) electrons. The van der Waals surface area contributed by atoms with Gasteiger partial charge in [0.2, 0.25) is 0 Å². The van der Waals surface area contributed by atoms with Gasteiger partial charge in [0.1, 0.15) is 11.3 Å². The van der Waals surface area contributed by atoms with Crippen LogP contribution in [-0.2, 0) is 20.8 Å². The molecule has 0 spiro atoms. The van der Waals surface area contributed by atoms with Crippen LogP contribution in [0.15, 0.2) is 47.4 Å². The fourth-order valence-corrected chi connectivity index (χ4v) is 3.50. The van der Waals surface area contributed by atoms with Crippen LogP contribution in [0.1, 0.15) is 21.5 Å². The Morgan fingerprint density at radius 3 is 2.43 bits per heavy atom. The summed E-state index contributed by atoms with van der Waals surface area (Å²) in [6, 6.07) is 11.0. The number of benzene rings is 2. The number of carbonyl (C=O) groups excluding carboxylic acids is 1. The molecule has 0 fully saturated rings. The third-order valence-electron chi connectivity index (χ3n) is 3.43. The van der Waals surface area contributed by atoms with Crippen molar-refractivity contribution in [1.82, 2.24) is 0 Å². The van der Waals surface area contributed by atoms with Crippen molar-refractivity contribution < 1.29 is 22.8 Å². The smallest absolute Gasteiger partial charge is 0.344 e. The van der Waals surface area contributed by atoms with E-state index in [4.69, 9.17) is 0 Å². The van der Waals surface area contributed by atoms with Crippen molar-refractivity contribution in [1.29, 1.82) is 0 Å². The molecule has 0 aliphatic carbocycles. The average molecular weight is 352 g/mol. The molecule has 0 saturated carbocycles. The van der Waals surface area contributed by atoms with E-state index < -0.39 is 15.8 Å². The van der Waals surface area contributed by atoms with Crippen molar-refractivity contribution >= 4 is 25.3 Å². The Hall–Kier alpha value is -1.91. The van der Waals surface area contributed by atoms with Crippen LogP contribution in [0.5, 0.6) is 5.75 Å². The highest BCUT2D eigenvalue weighted by atomic mass is 32.2. The average Bonchev–Trinajstić information content (AvgIpc) is 2.54. The zero-order chi connectivity index (χ0) is 17.0. The maximum absolute atomic E-state index is 12.3. The standard InChI is InChI=1S/C16H17O5PS/c1-11-2-5-13(6-3-11)23(19,20)9-8-12-4-7-15(17)14(10-12)16(18)21-22/h2-7,10,17H,8-9,22H2,1H3. The van der Waals surface area contributed by atoms with E-state index in [1.165, 1.54) is 12.1 Å². The summed E-state index contributed by atoms with van der Waals surface area (Å²) in [5.41, 5.74) is 1.62. The van der Waals surface area contributed by atoms with Gasteiger partial charge in [0.05, 0.1) is 20.1 Å². The van der Waals surface area contributed by atoms with E-state index in [1.807, 2.05) is 16.4 Å². The summed E-state index contributed by atoms with van der Waals surface area (Å²) in [7, 11) is -1.59. The fraction of sp³-hybridized carbons (Fsp3) is 0.188. The molecule has 1 N–H and O–H groups in total. The van der Waals surface area contributed by atoms with Gasteiger partial charge in [0.15, 0.2) is 9.84 Å². The van der Waals surface area contributed by atoms with Gasteiger partial charge in [-0.3, -0.25) is 0 Å². The molecule has 23 heavy (non-hydrogen) atoms. The lowest BCUT2D eigenvalue weighted by molar-refractivity contribution is 0.0762. The van der Waals surface area contributed by atoms with Gasteiger partial charge in [-0.2, -0.15) is 0 Å². The molecule has 0 amide bonds. The molecule has 0 aliphatic rings. The monoisotopic (exact) mass is 352 g/mol. The van der Waals surface area contributed by atoms with Crippen LogP contribution in [0.2, 0.25) is 0 Å². The van der Waals surface area contributed by atoms with Gasteiger partial charge in [0.25, 0.3) is 0 Å². The summed E-state index contributed by atoms with van der Waals surface area (Å²) in [5, 5.41) is 9.64. The maximum atomic E-state index is 12.3. The Morgan fingerprint density at radius 2 is 1.83 bits per heavy atom. The van der Waals surface area contributed by atoms with Crippen molar-refractivity contribution in [2.75, 3.05) is 5.75 Å². The number of carbonyl (C=O) groups is 1.